The molecule has 0 saturated heterocycles. The molecule has 0 spiro atoms. The predicted molar refractivity (Wildman–Crippen MR) is 173 cm³/mol. The van der Waals surface area contributed by atoms with Crippen LogP contribution < -0.4 is 0 Å². The third-order valence-corrected chi connectivity index (χ3v) is 6.93. The molecule has 0 amide bonds. The molecule has 0 heterocycles. The van der Waals surface area contributed by atoms with Crippen LogP contribution in [0.25, 0.3) is 0 Å². The zero-order chi connectivity index (χ0) is 32.9. The Morgan fingerprint density at radius 2 is 0.814 bits per heavy atom. The Labute approximate surface area is 261 Å². The molecule has 12 nitrogen and oxygen atoms in total. The highest BCUT2D eigenvalue weighted by atomic mass is 31.2. The van der Waals surface area contributed by atoms with Crippen LogP contribution in [-0.4, -0.2) is 136 Å². The Balaban J connectivity index is -0.000000658. The fourth-order valence-electron chi connectivity index (χ4n) is 4.05. The highest BCUT2D eigenvalue weighted by Crippen LogP contribution is 2.35. The fourth-order valence-corrected chi connectivity index (χ4v) is 4.42. The Kier molecular flexibility index (Phi) is 43.2. The molecule has 0 rings (SSSR count). The van der Waals surface area contributed by atoms with Crippen molar-refractivity contribution in [3.63, 3.8) is 0 Å². The number of phosphoric acid groups is 1. The number of aliphatic hydroxyl groups excluding tert-OH is 6. The van der Waals surface area contributed by atoms with Crippen LogP contribution in [0.3, 0.4) is 0 Å². The first-order chi connectivity index (χ1) is 20.8. The van der Waals surface area contributed by atoms with E-state index in [4.69, 9.17) is 40.4 Å². The summed E-state index contributed by atoms with van der Waals surface area (Å²) in [7, 11) is -4.26. The molecule has 262 valence electrons. The molecule has 0 radical (unpaired) electrons. The minimum Gasteiger partial charge on any atom is -0.395 e. The summed E-state index contributed by atoms with van der Waals surface area (Å²) in [6.07, 6.45) is 21.7. The van der Waals surface area contributed by atoms with Gasteiger partial charge >= 0.3 is 7.82 Å². The third-order valence-electron chi connectivity index (χ3n) is 6.41. The fraction of sp³-hybridized carbons (Fsp3) is 0.933. The van der Waals surface area contributed by atoms with Crippen molar-refractivity contribution in [1.29, 1.82) is 0 Å². The zero-order valence-electron chi connectivity index (χ0n) is 27.0. The number of phosphoric ester groups is 1. The summed E-state index contributed by atoms with van der Waals surface area (Å²) in [6, 6.07) is 0. The SMILES string of the molecule is CCCCCCCCC=CCCCCCCCCOP(=O)(O)O.OCCN(CCO)CCO.OCCN(CCO)CCO. The Hall–Kier alpha value is -0.470. The summed E-state index contributed by atoms with van der Waals surface area (Å²) in [5.74, 6) is 0. The van der Waals surface area contributed by atoms with Crippen LogP contribution in [0.4, 0.5) is 0 Å². The number of rotatable bonds is 29. The van der Waals surface area contributed by atoms with E-state index in [1.54, 1.807) is 9.80 Å². The predicted octanol–water partition coefficient (Wildman–Crippen LogP) is 2.66. The summed E-state index contributed by atoms with van der Waals surface area (Å²) in [5.41, 5.74) is 0. The maximum atomic E-state index is 10.5. The molecular formula is C30H67N2O10P. The van der Waals surface area contributed by atoms with Crippen LogP contribution in [0.2, 0.25) is 0 Å². The van der Waals surface area contributed by atoms with Crippen molar-refractivity contribution in [2.24, 2.45) is 0 Å². The summed E-state index contributed by atoms with van der Waals surface area (Å²) >= 11 is 0. The van der Waals surface area contributed by atoms with Crippen molar-refractivity contribution in [2.45, 2.75) is 96.8 Å². The zero-order valence-corrected chi connectivity index (χ0v) is 27.9. The van der Waals surface area contributed by atoms with E-state index < -0.39 is 7.82 Å². The topological polar surface area (TPSA) is 195 Å². The van der Waals surface area contributed by atoms with Gasteiger partial charge < -0.3 is 40.4 Å². The molecule has 0 aromatic carbocycles. The Morgan fingerprint density at radius 1 is 0.512 bits per heavy atom. The second-order valence-electron chi connectivity index (χ2n) is 10.3. The number of unbranched alkanes of at least 4 members (excludes halogenated alkanes) is 12. The molecule has 0 atom stereocenters. The van der Waals surface area contributed by atoms with E-state index in [0.29, 0.717) is 39.3 Å². The lowest BCUT2D eigenvalue weighted by atomic mass is 10.1. The first kappa shape index (κ1) is 46.9. The van der Waals surface area contributed by atoms with E-state index in [-0.39, 0.29) is 46.2 Å². The summed E-state index contributed by atoms with van der Waals surface area (Å²) in [5, 5.41) is 50.9. The molecule has 0 fully saturated rings. The quantitative estimate of drug-likeness (QED) is 0.0337. The highest BCUT2D eigenvalue weighted by Gasteiger charge is 2.12. The van der Waals surface area contributed by atoms with E-state index in [2.05, 4.69) is 23.6 Å². The molecule has 13 heteroatoms. The molecule has 0 aromatic heterocycles. The van der Waals surface area contributed by atoms with Gasteiger partial charge in [0.25, 0.3) is 0 Å². The monoisotopic (exact) mass is 646 g/mol. The standard InChI is InChI=1S/C18H37O4P.2C6H15NO3/c1-2-3-4-5-6-7-8-9-10-11-12-13-14-15-16-17-18-22-23(19,20)21;2*8-4-1-7(2-5-9)3-6-10/h9-10H,2-8,11-18H2,1H3,(H2,19,20,21);2*8-10H,1-6H2. The van der Waals surface area contributed by atoms with Gasteiger partial charge in [-0.15, -0.1) is 0 Å². The third kappa shape index (κ3) is 46.1. The number of nitrogens with zero attached hydrogens (tertiary/aromatic N) is 2. The Bertz CT molecular complexity index is 539. The average molecular weight is 647 g/mol. The normalized spacial score (nSPS) is 11.6. The van der Waals surface area contributed by atoms with E-state index in [1.165, 1.54) is 70.6 Å². The largest absolute Gasteiger partial charge is 0.469 e. The van der Waals surface area contributed by atoms with Crippen molar-refractivity contribution in [3.8, 4) is 0 Å². The number of hydrogen-bond donors (Lipinski definition) is 8. The maximum absolute atomic E-state index is 10.5. The van der Waals surface area contributed by atoms with Gasteiger partial charge in [-0.05, 0) is 32.1 Å². The van der Waals surface area contributed by atoms with Gasteiger partial charge in [-0.25, -0.2) is 4.57 Å². The maximum Gasteiger partial charge on any atom is 0.469 e. The van der Waals surface area contributed by atoms with Crippen LogP contribution >= 0.6 is 7.82 Å². The lowest BCUT2D eigenvalue weighted by Gasteiger charge is -2.17. The van der Waals surface area contributed by atoms with Gasteiger partial charge in [-0.3, -0.25) is 14.3 Å². The molecule has 0 unspecified atom stereocenters. The van der Waals surface area contributed by atoms with Crippen LogP contribution in [-0.2, 0) is 9.09 Å². The average Bonchev–Trinajstić information content (AvgIpc) is 2.96. The second-order valence-corrected chi connectivity index (χ2v) is 11.5. The minimum absolute atomic E-state index is 0.0694. The molecule has 43 heavy (non-hydrogen) atoms. The first-order valence-corrected chi connectivity index (χ1v) is 17.7. The second kappa shape index (κ2) is 39.6. The molecular weight excluding hydrogens is 579 g/mol. The van der Waals surface area contributed by atoms with Gasteiger partial charge in [-0.2, -0.15) is 0 Å². The van der Waals surface area contributed by atoms with Crippen molar-refractivity contribution in [2.75, 3.05) is 85.5 Å². The number of allylic oxidation sites excluding steroid dienone is 2. The molecule has 0 aliphatic carbocycles. The van der Waals surface area contributed by atoms with E-state index in [1.807, 2.05) is 0 Å². The molecule has 8 N–H and O–H groups in total. The summed E-state index contributed by atoms with van der Waals surface area (Å²) in [4.78, 5) is 20.6. The van der Waals surface area contributed by atoms with Gasteiger partial charge in [0.05, 0.1) is 46.2 Å². The number of hydrogen-bond acceptors (Lipinski definition) is 10. The van der Waals surface area contributed by atoms with Crippen LogP contribution in [0.5, 0.6) is 0 Å². The van der Waals surface area contributed by atoms with Gasteiger partial charge in [-0.1, -0.05) is 76.9 Å². The number of aliphatic hydroxyl groups is 6. The Morgan fingerprint density at radius 3 is 1.12 bits per heavy atom. The van der Waals surface area contributed by atoms with Crippen molar-refractivity contribution < 1.29 is 49.5 Å². The lowest BCUT2D eigenvalue weighted by molar-refractivity contribution is 0.136. The molecule has 0 aliphatic rings. The van der Waals surface area contributed by atoms with Gasteiger partial charge in [0, 0.05) is 39.3 Å². The smallest absolute Gasteiger partial charge is 0.395 e. The van der Waals surface area contributed by atoms with Crippen LogP contribution in [0, 0.1) is 0 Å². The molecule has 0 aromatic rings. The minimum atomic E-state index is -4.26. The van der Waals surface area contributed by atoms with Gasteiger partial charge in [0.15, 0.2) is 0 Å². The van der Waals surface area contributed by atoms with Crippen LogP contribution in [0.1, 0.15) is 96.8 Å². The van der Waals surface area contributed by atoms with Crippen LogP contribution in [0.15, 0.2) is 12.2 Å². The van der Waals surface area contributed by atoms with Crippen molar-refractivity contribution >= 4 is 7.82 Å². The summed E-state index contributed by atoms with van der Waals surface area (Å²) < 4.78 is 14.9. The molecule has 0 aliphatic heterocycles. The highest BCUT2D eigenvalue weighted by molar-refractivity contribution is 7.46. The van der Waals surface area contributed by atoms with Crippen molar-refractivity contribution in [3.05, 3.63) is 12.2 Å². The van der Waals surface area contributed by atoms with E-state index >= 15 is 0 Å². The molecule has 0 bridgehead atoms. The van der Waals surface area contributed by atoms with E-state index in [0.717, 1.165) is 19.3 Å². The van der Waals surface area contributed by atoms with Gasteiger partial charge in [0.2, 0.25) is 0 Å². The van der Waals surface area contributed by atoms with E-state index in [9.17, 15) is 4.57 Å². The van der Waals surface area contributed by atoms with Gasteiger partial charge in [0.1, 0.15) is 0 Å². The van der Waals surface area contributed by atoms with Crippen molar-refractivity contribution in [1.82, 2.24) is 9.80 Å². The lowest BCUT2D eigenvalue weighted by Crippen LogP contribution is -2.32. The first-order valence-electron chi connectivity index (χ1n) is 16.2. The summed E-state index contributed by atoms with van der Waals surface area (Å²) in [6.45, 7) is 5.92. The molecule has 0 saturated carbocycles.